The minimum absolute atomic E-state index is 0.211. The molecule has 0 aliphatic heterocycles. The number of hydrogen-bond acceptors (Lipinski definition) is 2. The molecule has 1 rings (SSSR count). The largest absolute Gasteiger partial charge is 0.393 e. The Morgan fingerprint density at radius 1 is 1.38 bits per heavy atom. The van der Waals surface area contributed by atoms with E-state index in [0.717, 1.165) is 18.4 Å². The van der Waals surface area contributed by atoms with Crippen molar-refractivity contribution in [2.75, 3.05) is 0 Å². The van der Waals surface area contributed by atoms with Crippen LogP contribution in [0.5, 0.6) is 0 Å². The van der Waals surface area contributed by atoms with Crippen LogP contribution in [0.3, 0.4) is 0 Å². The predicted octanol–water partition coefficient (Wildman–Crippen LogP) is 2.35. The molecule has 13 heavy (non-hydrogen) atoms. The molecule has 0 saturated heterocycles. The van der Waals surface area contributed by atoms with E-state index in [-0.39, 0.29) is 12.0 Å². The van der Waals surface area contributed by atoms with Crippen LogP contribution in [0.1, 0.15) is 38.2 Å². The van der Waals surface area contributed by atoms with Crippen molar-refractivity contribution >= 4 is 0 Å². The van der Waals surface area contributed by atoms with E-state index in [2.05, 4.69) is 18.8 Å². The summed E-state index contributed by atoms with van der Waals surface area (Å²) in [6.07, 6.45) is 5.20. The Morgan fingerprint density at radius 3 is 2.54 bits per heavy atom. The third kappa shape index (κ3) is 2.81. The Bertz CT molecular complexity index is 235. The van der Waals surface area contributed by atoms with Crippen molar-refractivity contribution < 1.29 is 5.11 Å². The van der Waals surface area contributed by atoms with Gasteiger partial charge in [0.25, 0.3) is 0 Å². The summed E-state index contributed by atoms with van der Waals surface area (Å²) < 4.78 is 0. The van der Waals surface area contributed by atoms with Gasteiger partial charge >= 0.3 is 0 Å². The fourth-order valence-corrected chi connectivity index (χ4v) is 1.43. The van der Waals surface area contributed by atoms with Gasteiger partial charge in [-0.25, -0.2) is 0 Å². The third-order valence-electron chi connectivity index (χ3n) is 2.39. The van der Waals surface area contributed by atoms with Gasteiger partial charge in [-0.3, -0.25) is 4.98 Å². The fraction of sp³-hybridized carbons (Fsp3) is 0.545. The Kier molecular flexibility index (Phi) is 3.90. The summed E-state index contributed by atoms with van der Waals surface area (Å²) in [5.41, 5.74) is 1.16. The van der Waals surface area contributed by atoms with Gasteiger partial charge < -0.3 is 5.11 Å². The molecular formula is C11H17NO. The first-order valence-electron chi connectivity index (χ1n) is 4.83. The summed E-state index contributed by atoms with van der Waals surface area (Å²) >= 11 is 0. The number of pyridine rings is 1. The third-order valence-corrected chi connectivity index (χ3v) is 2.39. The van der Waals surface area contributed by atoms with Crippen LogP contribution in [0.4, 0.5) is 0 Å². The molecule has 0 aliphatic carbocycles. The fourth-order valence-electron chi connectivity index (χ4n) is 1.43. The molecule has 0 fully saturated rings. The second-order valence-corrected chi connectivity index (χ2v) is 3.43. The number of aliphatic hydroxyl groups is 1. The smallest absolute Gasteiger partial charge is 0.0606 e. The molecule has 0 radical (unpaired) electrons. The molecule has 72 valence electrons. The lowest BCUT2D eigenvalue weighted by Crippen LogP contribution is -2.15. The van der Waals surface area contributed by atoms with Gasteiger partial charge in [0.05, 0.1) is 6.10 Å². The first-order valence-corrected chi connectivity index (χ1v) is 4.83. The van der Waals surface area contributed by atoms with Crippen molar-refractivity contribution in [3.05, 3.63) is 30.1 Å². The molecule has 0 spiro atoms. The number of aliphatic hydroxyl groups excluding tert-OH is 1. The molecule has 0 bridgehead atoms. The quantitative estimate of drug-likeness (QED) is 0.769. The van der Waals surface area contributed by atoms with Gasteiger partial charge in [0.1, 0.15) is 0 Å². The van der Waals surface area contributed by atoms with Crippen LogP contribution in [0.15, 0.2) is 24.5 Å². The maximum atomic E-state index is 9.75. The molecule has 1 heterocycles. The highest BCUT2D eigenvalue weighted by molar-refractivity contribution is 5.16. The van der Waals surface area contributed by atoms with Crippen molar-refractivity contribution in [3.8, 4) is 0 Å². The van der Waals surface area contributed by atoms with Crippen LogP contribution in [0.25, 0.3) is 0 Å². The predicted molar refractivity (Wildman–Crippen MR) is 53.6 cm³/mol. The number of rotatable bonds is 4. The molecule has 0 saturated carbocycles. The maximum Gasteiger partial charge on any atom is 0.0606 e. The molecule has 2 nitrogen and oxygen atoms in total. The molecule has 1 N–H and O–H groups in total. The van der Waals surface area contributed by atoms with Crippen LogP contribution in [0, 0.1) is 0 Å². The standard InChI is InChI=1S/C11H17NO/c1-3-4-11(13)9(2)10-5-7-12-8-6-10/h5-9,11,13H,3-4H2,1-2H3. The van der Waals surface area contributed by atoms with Crippen molar-refractivity contribution in [2.24, 2.45) is 0 Å². The van der Waals surface area contributed by atoms with E-state index >= 15 is 0 Å². The maximum absolute atomic E-state index is 9.75. The molecule has 2 heteroatoms. The van der Waals surface area contributed by atoms with Crippen LogP contribution in [0.2, 0.25) is 0 Å². The molecule has 1 aromatic rings. The first-order chi connectivity index (χ1) is 6.25. The first kappa shape index (κ1) is 10.2. The monoisotopic (exact) mass is 179 g/mol. The van der Waals surface area contributed by atoms with E-state index < -0.39 is 0 Å². The summed E-state index contributed by atoms with van der Waals surface area (Å²) in [4.78, 5) is 3.95. The Morgan fingerprint density at radius 2 is 2.00 bits per heavy atom. The zero-order chi connectivity index (χ0) is 9.68. The average molecular weight is 179 g/mol. The number of aromatic nitrogens is 1. The van der Waals surface area contributed by atoms with Crippen LogP contribution < -0.4 is 0 Å². The van der Waals surface area contributed by atoms with Crippen molar-refractivity contribution in [2.45, 2.75) is 38.7 Å². The van der Waals surface area contributed by atoms with E-state index in [4.69, 9.17) is 0 Å². The molecule has 0 aromatic carbocycles. The van der Waals surface area contributed by atoms with Crippen LogP contribution >= 0.6 is 0 Å². The van der Waals surface area contributed by atoms with Gasteiger partial charge in [-0.1, -0.05) is 20.3 Å². The second-order valence-electron chi connectivity index (χ2n) is 3.43. The number of nitrogens with zero attached hydrogens (tertiary/aromatic N) is 1. The van der Waals surface area contributed by atoms with Crippen molar-refractivity contribution in [1.29, 1.82) is 0 Å². The zero-order valence-corrected chi connectivity index (χ0v) is 8.27. The molecule has 0 aliphatic rings. The Balaban J connectivity index is 2.62. The van der Waals surface area contributed by atoms with Gasteiger partial charge in [0.15, 0.2) is 0 Å². The van der Waals surface area contributed by atoms with Crippen LogP contribution in [-0.2, 0) is 0 Å². The lowest BCUT2D eigenvalue weighted by atomic mass is 9.94. The topological polar surface area (TPSA) is 33.1 Å². The zero-order valence-electron chi connectivity index (χ0n) is 8.27. The summed E-state index contributed by atoms with van der Waals surface area (Å²) in [5.74, 6) is 0.211. The summed E-state index contributed by atoms with van der Waals surface area (Å²) in [5, 5.41) is 9.75. The Labute approximate surface area is 79.6 Å². The van der Waals surface area contributed by atoms with Crippen molar-refractivity contribution in [1.82, 2.24) is 4.98 Å². The summed E-state index contributed by atoms with van der Waals surface area (Å²) in [6, 6.07) is 3.92. The van der Waals surface area contributed by atoms with Crippen molar-refractivity contribution in [3.63, 3.8) is 0 Å². The SMILES string of the molecule is CCCC(O)C(C)c1ccncc1. The van der Waals surface area contributed by atoms with E-state index in [1.54, 1.807) is 12.4 Å². The van der Waals surface area contributed by atoms with Gasteiger partial charge in [-0.05, 0) is 24.1 Å². The van der Waals surface area contributed by atoms with Gasteiger partial charge in [-0.2, -0.15) is 0 Å². The molecular weight excluding hydrogens is 162 g/mol. The lowest BCUT2D eigenvalue weighted by molar-refractivity contribution is 0.138. The highest BCUT2D eigenvalue weighted by Gasteiger charge is 2.14. The highest BCUT2D eigenvalue weighted by atomic mass is 16.3. The lowest BCUT2D eigenvalue weighted by Gasteiger charge is -2.18. The van der Waals surface area contributed by atoms with Gasteiger partial charge in [0.2, 0.25) is 0 Å². The van der Waals surface area contributed by atoms with E-state index in [1.807, 2.05) is 12.1 Å². The van der Waals surface area contributed by atoms with E-state index in [9.17, 15) is 5.11 Å². The molecule has 2 atom stereocenters. The summed E-state index contributed by atoms with van der Waals surface area (Å²) in [6.45, 7) is 4.14. The van der Waals surface area contributed by atoms with E-state index in [1.165, 1.54) is 0 Å². The van der Waals surface area contributed by atoms with E-state index in [0.29, 0.717) is 0 Å². The molecule has 1 aromatic heterocycles. The minimum atomic E-state index is -0.229. The van der Waals surface area contributed by atoms with Gasteiger partial charge in [-0.15, -0.1) is 0 Å². The molecule has 2 unspecified atom stereocenters. The normalized spacial score (nSPS) is 15.3. The minimum Gasteiger partial charge on any atom is -0.393 e. The molecule has 0 amide bonds. The van der Waals surface area contributed by atoms with Crippen LogP contribution in [-0.4, -0.2) is 16.2 Å². The highest BCUT2D eigenvalue weighted by Crippen LogP contribution is 2.20. The number of hydrogen-bond donors (Lipinski definition) is 1. The second kappa shape index (κ2) is 4.97. The summed E-state index contributed by atoms with van der Waals surface area (Å²) in [7, 11) is 0. The van der Waals surface area contributed by atoms with Gasteiger partial charge in [0, 0.05) is 18.3 Å². The average Bonchev–Trinajstić information content (AvgIpc) is 2.18. The Hall–Kier alpha value is -0.890.